The molecular weight excluding hydrogens is 821 g/mol. The number of hydrogen-bond acceptors (Lipinski definition) is 3. The maximum Gasteiger partial charge on any atom is 0.0737 e. The Morgan fingerprint density at radius 2 is 0.818 bits per heavy atom. The molecule has 5 heteroatoms. The summed E-state index contributed by atoms with van der Waals surface area (Å²) in [5, 5.41) is 0. The number of H-pyrrole nitrogens is 2. The lowest BCUT2D eigenvalue weighted by atomic mass is 9.92. The van der Waals surface area contributed by atoms with E-state index in [2.05, 4.69) is 209 Å². The zero-order valence-corrected chi connectivity index (χ0v) is 39.1. The third-order valence-electron chi connectivity index (χ3n) is 12.5. The summed E-state index contributed by atoms with van der Waals surface area (Å²) in [4.78, 5) is 20.2. The van der Waals surface area contributed by atoms with E-state index in [-0.39, 0.29) is 0 Å². The van der Waals surface area contributed by atoms with Gasteiger partial charge in [-0.05, 0) is 183 Å². The van der Waals surface area contributed by atoms with Crippen molar-refractivity contribution >= 4 is 58.1 Å². The van der Waals surface area contributed by atoms with Crippen LogP contribution < -0.4 is 0 Å². The summed E-state index contributed by atoms with van der Waals surface area (Å²) in [7, 11) is 0. The predicted molar refractivity (Wildman–Crippen MR) is 281 cm³/mol. The van der Waals surface area contributed by atoms with E-state index in [1.165, 1.54) is 38.3 Å². The van der Waals surface area contributed by atoms with Gasteiger partial charge in [0.1, 0.15) is 0 Å². The first kappa shape index (κ1) is 42.1. The van der Waals surface area contributed by atoms with Gasteiger partial charge in [-0.15, -0.1) is 18.2 Å². The molecule has 0 spiro atoms. The molecule has 2 aliphatic rings. The van der Waals surface area contributed by atoms with Crippen LogP contribution in [0.3, 0.4) is 0 Å². The van der Waals surface area contributed by atoms with Crippen molar-refractivity contribution in [3.05, 3.63) is 194 Å². The first-order chi connectivity index (χ1) is 32.0. The molecule has 0 saturated carbocycles. The van der Waals surface area contributed by atoms with Gasteiger partial charge in [0.15, 0.2) is 0 Å². The van der Waals surface area contributed by atoms with Crippen molar-refractivity contribution in [3.8, 4) is 68.7 Å². The molecule has 3 aromatic heterocycles. The Kier molecular flexibility index (Phi) is 11.0. The van der Waals surface area contributed by atoms with Crippen molar-refractivity contribution in [3.63, 3.8) is 0 Å². The van der Waals surface area contributed by atoms with Crippen molar-refractivity contribution in [2.75, 3.05) is 6.26 Å². The molecule has 0 unspecified atom stereocenters. The number of hydrogen-bond donors (Lipinski definition) is 2. The SMILES string of the molecule is C#Cc1ccc(-c2c3nc(c(-c4c(C)cc(C)cc4C)c4ccc([nH]4)c(-c4ccc(C#Cc5cccc(SC)c5)cc4)c4nc(c(-c5c(C)cc(C)cc5C)c5ccc2[nH]5)C=C4)C=C3)cc1. The highest BCUT2D eigenvalue weighted by molar-refractivity contribution is 7.98. The number of thioether (sulfide) groups is 1. The Morgan fingerprint density at radius 1 is 0.424 bits per heavy atom. The molecule has 0 amide bonds. The van der Waals surface area contributed by atoms with Crippen LogP contribution in [0.25, 0.3) is 90.9 Å². The summed E-state index contributed by atoms with van der Waals surface area (Å²) in [6, 6.07) is 42.9. The van der Waals surface area contributed by atoms with Gasteiger partial charge in [-0.25, -0.2) is 9.97 Å². The van der Waals surface area contributed by atoms with E-state index in [0.29, 0.717) is 0 Å². The highest BCUT2D eigenvalue weighted by Gasteiger charge is 2.21. The monoisotopic (exact) mass is 868 g/mol. The largest absolute Gasteiger partial charge is 0.354 e. The van der Waals surface area contributed by atoms with Crippen molar-refractivity contribution in [1.29, 1.82) is 0 Å². The fraction of sp³-hybridized carbons (Fsp3) is 0.115. The topological polar surface area (TPSA) is 57.4 Å². The van der Waals surface area contributed by atoms with Crippen LogP contribution in [0.5, 0.6) is 0 Å². The fourth-order valence-corrected chi connectivity index (χ4v) is 10.2. The molecule has 10 rings (SSSR count). The summed E-state index contributed by atoms with van der Waals surface area (Å²) < 4.78 is 0. The van der Waals surface area contributed by atoms with Gasteiger partial charge in [-0.3, -0.25) is 0 Å². The van der Waals surface area contributed by atoms with Gasteiger partial charge in [0.05, 0.1) is 22.8 Å². The molecule has 0 saturated heterocycles. The van der Waals surface area contributed by atoms with Crippen molar-refractivity contribution < 1.29 is 0 Å². The van der Waals surface area contributed by atoms with Crippen molar-refractivity contribution in [2.45, 2.75) is 46.4 Å². The van der Waals surface area contributed by atoms with Crippen LogP contribution in [-0.4, -0.2) is 26.2 Å². The number of aromatic amines is 2. The van der Waals surface area contributed by atoms with Crippen LogP contribution in [0.2, 0.25) is 0 Å². The fourth-order valence-electron chi connectivity index (χ4n) is 9.79. The highest BCUT2D eigenvalue weighted by Crippen LogP contribution is 2.41. The van der Waals surface area contributed by atoms with Gasteiger partial charge < -0.3 is 9.97 Å². The van der Waals surface area contributed by atoms with E-state index in [0.717, 1.165) is 106 Å². The minimum absolute atomic E-state index is 0.826. The lowest BCUT2D eigenvalue weighted by molar-refractivity contribution is 1.28. The minimum atomic E-state index is 0.826. The molecule has 2 aliphatic heterocycles. The molecule has 8 aromatic rings. The van der Waals surface area contributed by atoms with E-state index in [1.54, 1.807) is 11.8 Å². The molecular formula is C61H48N4S. The molecule has 5 heterocycles. The number of rotatable bonds is 5. The average Bonchev–Trinajstić information content (AvgIpc) is 4.16. The Morgan fingerprint density at radius 3 is 1.24 bits per heavy atom. The summed E-state index contributed by atoms with van der Waals surface area (Å²) in [5.74, 6) is 9.56. The summed E-state index contributed by atoms with van der Waals surface area (Å²) in [6.07, 6.45) is 16.6. The second-order valence-electron chi connectivity index (χ2n) is 17.3. The molecule has 0 fully saturated rings. The normalized spacial score (nSPS) is 11.7. The Balaban J connectivity index is 1.32. The molecule has 318 valence electrons. The molecule has 2 N–H and O–H groups in total. The second kappa shape index (κ2) is 17.3. The Labute approximate surface area is 391 Å². The van der Waals surface area contributed by atoms with Crippen LogP contribution in [-0.2, 0) is 0 Å². The number of benzene rings is 5. The maximum atomic E-state index is 5.84. The van der Waals surface area contributed by atoms with Crippen molar-refractivity contribution in [1.82, 2.24) is 19.9 Å². The van der Waals surface area contributed by atoms with E-state index in [4.69, 9.17) is 16.4 Å². The molecule has 0 aliphatic carbocycles. The van der Waals surface area contributed by atoms with Gasteiger partial charge in [0.25, 0.3) is 0 Å². The average molecular weight is 869 g/mol. The minimum Gasteiger partial charge on any atom is -0.354 e. The predicted octanol–water partition coefficient (Wildman–Crippen LogP) is 15.3. The molecule has 4 nitrogen and oxygen atoms in total. The van der Waals surface area contributed by atoms with Crippen LogP contribution in [0.1, 0.15) is 72.8 Å². The second-order valence-corrected chi connectivity index (χ2v) is 18.2. The lowest BCUT2D eigenvalue weighted by Gasteiger charge is -2.13. The first-order valence-corrected chi connectivity index (χ1v) is 23.4. The number of aryl methyl sites for hydroxylation is 6. The Bertz CT molecular complexity index is 3530. The number of aromatic nitrogens is 4. The first-order valence-electron chi connectivity index (χ1n) is 22.2. The summed E-state index contributed by atoms with van der Waals surface area (Å²) in [6.45, 7) is 13.1. The summed E-state index contributed by atoms with van der Waals surface area (Å²) >= 11 is 1.72. The molecule has 8 bridgehead atoms. The maximum absolute atomic E-state index is 5.84. The van der Waals surface area contributed by atoms with Crippen LogP contribution in [0.15, 0.2) is 126 Å². The zero-order valence-electron chi connectivity index (χ0n) is 38.2. The quantitative estimate of drug-likeness (QED) is 0.134. The number of nitrogens with one attached hydrogen (secondary N) is 2. The van der Waals surface area contributed by atoms with Gasteiger partial charge in [0, 0.05) is 65.9 Å². The number of terminal acetylenes is 1. The highest BCUT2D eigenvalue weighted by atomic mass is 32.2. The molecule has 0 atom stereocenters. The van der Waals surface area contributed by atoms with Crippen LogP contribution >= 0.6 is 11.8 Å². The van der Waals surface area contributed by atoms with E-state index >= 15 is 0 Å². The Hall–Kier alpha value is -7.83. The molecule has 5 aromatic carbocycles. The van der Waals surface area contributed by atoms with Crippen molar-refractivity contribution in [2.24, 2.45) is 0 Å². The van der Waals surface area contributed by atoms with Gasteiger partial charge in [0.2, 0.25) is 0 Å². The third kappa shape index (κ3) is 7.89. The van der Waals surface area contributed by atoms with E-state index in [9.17, 15) is 0 Å². The van der Waals surface area contributed by atoms with Gasteiger partial charge in [-0.1, -0.05) is 83.5 Å². The standard InChI is InChI=1S/C61H48N4S/c1-9-42-15-19-45(20-16-42)58-48-23-27-52(62-48)60(56-38(4)31-36(2)32-39(56)5)54-29-25-50(64-54)59(46-21-17-43(18-22-46)13-14-44-11-10-12-47(35-44)66-8)51-26-30-55(65-51)61(53-28-24-49(58)63-53)57-40(6)33-37(3)34-41(57)7/h1,10-12,15-35,62,65H,2-8H3. The number of nitrogens with zero attached hydrogens (tertiary/aromatic N) is 2. The van der Waals surface area contributed by atoms with E-state index < -0.39 is 0 Å². The van der Waals surface area contributed by atoms with Crippen LogP contribution in [0.4, 0.5) is 0 Å². The molecule has 66 heavy (non-hydrogen) atoms. The van der Waals surface area contributed by atoms with E-state index in [1.807, 2.05) is 12.1 Å². The third-order valence-corrected chi connectivity index (χ3v) is 13.3. The van der Waals surface area contributed by atoms with Gasteiger partial charge >= 0.3 is 0 Å². The number of fused-ring (bicyclic) bond motifs is 8. The smallest absolute Gasteiger partial charge is 0.0737 e. The molecule has 0 radical (unpaired) electrons. The lowest BCUT2D eigenvalue weighted by Crippen LogP contribution is -1.95. The van der Waals surface area contributed by atoms with Gasteiger partial charge in [-0.2, -0.15) is 0 Å². The van der Waals surface area contributed by atoms with Crippen LogP contribution in [0, 0.1) is 65.7 Å². The zero-order chi connectivity index (χ0) is 45.6. The summed E-state index contributed by atoms with van der Waals surface area (Å²) in [5.41, 5.74) is 25.7.